The molecule has 0 spiro atoms. The number of benzene rings is 1. The smallest absolute Gasteiger partial charge is 0.226 e. The highest BCUT2D eigenvalue weighted by molar-refractivity contribution is 7.19. The number of aromatic nitrogens is 4. The van der Waals surface area contributed by atoms with Gasteiger partial charge in [-0.3, -0.25) is 9.89 Å². The van der Waals surface area contributed by atoms with Gasteiger partial charge in [-0.1, -0.05) is 0 Å². The van der Waals surface area contributed by atoms with Gasteiger partial charge in [0.2, 0.25) is 5.91 Å². The fourth-order valence-electron chi connectivity index (χ4n) is 5.25. The molecule has 1 saturated heterocycles. The summed E-state index contributed by atoms with van der Waals surface area (Å²) in [5.74, 6) is 2.36. The van der Waals surface area contributed by atoms with Crippen molar-refractivity contribution in [1.82, 2.24) is 30.0 Å². The van der Waals surface area contributed by atoms with E-state index in [4.69, 9.17) is 16.3 Å². The van der Waals surface area contributed by atoms with E-state index >= 15 is 0 Å². The molecule has 1 fully saturated rings. The van der Waals surface area contributed by atoms with Gasteiger partial charge in [0, 0.05) is 54.3 Å². The van der Waals surface area contributed by atoms with Crippen molar-refractivity contribution >= 4 is 61.5 Å². The minimum absolute atomic E-state index is 0.0405. The number of hydrogen-bond acceptors (Lipinski definition) is 8. The Bertz CT molecular complexity index is 1430. The lowest BCUT2D eigenvalue weighted by molar-refractivity contribution is -0.137. The van der Waals surface area contributed by atoms with E-state index in [1.807, 2.05) is 17.0 Å². The van der Waals surface area contributed by atoms with Crippen molar-refractivity contribution in [1.29, 1.82) is 0 Å². The van der Waals surface area contributed by atoms with Gasteiger partial charge >= 0.3 is 0 Å². The Morgan fingerprint density at radius 1 is 1.27 bits per heavy atom. The Kier molecular flexibility index (Phi) is 6.88. The lowest BCUT2D eigenvalue weighted by atomic mass is 9.86. The van der Waals surface area contributed by atoms with Crippen LogP contribution in [0.15, 0.2) is 24.7 Å². The van der Waals surface area contributed by atoms with Crippen LogP contribution in [-0.2, 0) is 17.6 Å². The number of likely N-dealkylation sites (N-methyl/N-ethyl adjacent to an activating group) is 1. The number of hydrogen-bond donors (Lipinski definition) is 2. The zero-order chi connectivity index (χ0) is 25.4. The molecule has 37 heavy (non-hydrogen) atoms. The molecule has 3 aromatic heterocycles. The van der Waals surface area contributed by atoms with Crippen molar-refractivity contribution in [2.24, 2.45) is 5.92 Å². The molecule has 6 rings (SSSR count). The summed E-state index contributed by atoms with van der Waals surface area (Å²) in [5, 5.41) is 12.7. The Hall–Kier alpha value is -2.95. The number of carbonyl (C=O) groups excluding carboxylic acids is 1. The van der Waals surface area contributed by atoms with Crippen LogP contribution in [0.1, 0.15) is 23.3 Å². The predicted molar refractivity (Wildman–Crippen MR) is 147 cm³/mol. The van der Waals surface area contributed by atoms with Crippen LogP contribution < -0.4 is 10.1 Å². The highest BCUT2D eigenvalue weighted by Gasteiger charge is 2.32. The Morgan fingerprint density at radius 3 is 2.97 bits per heavy atom. The second kappa shape index (κ2) is 10.4. The molecular weight excluding hydrogens is 510 g/mol. The summed E-state index contributed by atoms with van der Waals surface area (Å²) in [5.41, 5.74) is 2.99. The second-order valence-electron chi connectivity index (χ2n) is 9.80. The maximum atomic E-state index is 13.3. The average molecular weight is 540 g/mol. The van der Waals surface area contributed by atoms with Gasteiger partial charge in [-0.15, -0.1) is 22.9 Å². The van der Waals surface area contributed by atoms with Gasteiger partial charge < -0.3 is 19.9 Å². The van der Waals surface area contributed by atoms with E-state index in [1.165, 1.54) is 10.4 Å². The summed E-state index contributed by atoms with van der Waals surface area (Å²) >= 11 is 7.55. The van der Waals surface area contributed by atoms with Gasteiger partial charge in [0.05, 0.1) is 29.4 Å². The molecule has 1 amide bonds. The van der Waals surface area contributed by atoms with Crippen molar-refractivity contribution in [2.75, 3.05) is 51.0 Å². The zero-order valence-electron chi connectivity index (χ0n) is 20.8. The van der Waals surface area contributed by atoms with E-state index in [-0.39, 0.29) is 5.92 Å². The van der Waals surface area contributed by atoms with Crippen LogP contribution in [0.4, 0.5) is 11.5 Å². The summed E-state index contributed by atoms with van der Waals surface area (Å²) in [6.45, 7) is 4.05. The molecular formula is C26H30ClN7O2S. The third-order valence-corrected chi connectivity index (χ3v) is 8.77. The van der Waals surface area contributed by atoms with Gasteiger partial charge in [-0.05, 0) is 44.4 Å². The number of fused-ring (bicyclic) bond motifs is 4. The minimum Gasteiger partial charge on any atom is -0.491 e. The number of carbonyl (C=O) groups is 1. The van der Waals surface area contributed by atoms with Crippen LogP contribution in [0, 0.1) is 5.92 Å². The number of halogens is 1. The number of rotatable bonds is 7. The molecule has 2 aliphatic rings. The van der Waals surface area contributed by atoms with Crippen molar-refractivity contribution in [2.45, 2.75) is 25.7 Å². The van der Waals surface area contributed by atoms with E-state index in [0.717, 1.165) is 90.2 Å². The van der Waals surface area contributed by atoms with Crippen molar-refractivity contribution in [3.63, 3.8) is 0 Å². The lowest BCUT2D eigenvalue weighted by Gasteiger charge is -2.35. The number of aromatic amines is 1. The number of alkyl halides is 1. The Balaban J connectivity index is 1.28. The molecule has 1 unspecified atom stereocenters. The summed E-state index contributed by atoms with van der Waals surface area (Å²) in [6, 6.07) is 3.97. The van der Waals surface area contributed by atoms with Crippen molar-refractivity contribution in [3.05, 3.63) is 35.1 Å². The average Bonchev–Trinajstić information content (AvgIpc) is 3.52. The topological polar surface area (TPSA) is 99.3 Å². The highest BCUT2D eigenvalue weighted by atomic mass is 35.5. The van der Waals surface area contributed by atoms with Crippen LogP contribution in [0.25, 0.3) is 21.1 Å². The molecule has 9 nitrogen and oxygen atoms in total. The SMILES string of the molecule is CN1CCN(C(=O)C2CCc3c(sc4ncnc(Nc5cc6cn[nH]c6cc5OCCCCl)c34)C2)CC1. The molecule has 1 aliphatic heterocycles. The molecule has 0 radical (unpaired) electrons. The van der Waals surface area contributed by atoms with Gasteiger partial charge in [0.15, 0.2) is 0 Å². The third-order valence-electron chi connectivity index (χ3n) is 7.34. The molecule has 2 N–H and O–H groups in total. The van der Waals surface area contributed by atoms with Crippen LogP contribution in [0.2, 0.25) is 0 Å². The summed E-state index contributed by atoms with van der Waals surface area (Å²) in [4.78, 5) is 29.0. The molecule has 1 aliphatic carbocycles. The lowest BCUT2D eigenvalue weighted by Crippen LogP contribution is -2.49. The monoisotopic (exact) mass is 539 g/mol. The fourth-order valence-corrected chi connectivity index (χ4v) is 6.63. The number of H-pyrrole nitrogens is 1. The summed E-state index contributed by atoms with van der Waals surface area (Å²) in [7, 11) is 2.11. The number of ether oxygens (including phenoxy) is 1. The molecule has 1 aromatic carbocycles. The van der Waals surface area contributed by atoms with E-state index in [1.54, 1.807) is 23.9 Å². The largest absolute Gasteiger partial charge is 0.491 e. The van der Waals surface area contributed by atoms with E-state index in [2.05, 4.69) is 37.4 Å². The minimum atomic E-state index is 0.0405. The summed E-state index contributed by atoms with van der Waals surface area (Å²) in [6.07, 6.45) is 6.63. The number of nitrogens with one attached hydrogen (secondary N) is 2. The predicted octanol–water partition coefficient (Wildman–Crippen LogP) is 4.20. The van der Waals surface area contributed by atoms with Crippen LogP contribution in [-0.4, -0.2) is 81.6 Å². The molecule has 4 heterocycles. The number of aryl methyl sites for hydroxylation is 1. The third kappa shape index (κ3) is 4.85. The van der Waals surface area contributed by atoms with E-state index < -0.39 is 0 Å². The molecule has 194 valence electrons. The first-order valence-electron chi connectivity index (χ1n) is 12.8. The van der Waals surface area contributed by atoms with Crippen LogP contribution in [0.5, 0.6) is 5.75 Å². The number of piperazine rings is 1. The van der Waals surface area contributed by atoms with Gasteiger partial charge in [-0.25, -0.2) is 9.97 Å². The van der Waals surface area contributed by atoms with Gasteiger partial charge in [0.25, 0.3) is 0 Å². The molecule has 4 aromatic rings. The summed E-state index contributed by atoms with van der Waals surface area (Å²) < 4.78 is 6.06. The van der Waals surface area contributed by atoms with E-state index in [9.17, 15) is 4.79 Å². The standard InChI is InChI=1S/C26H30ClN7O2S/c1-33-6-8-34(9-7-33)26(35)16-3-4-18-22(12-16)37-25-23(18)24(28-15-29-25)31-20-11-17-14-30-32-19(17)13-21(20)36-10-2-5-27/h11,13-16H,2-10,12H2,1H3,(H,30,32)(H,28,29,31). The number of amides is 1. The fraction of sp³-hybridized carbons (Fsp3) is 0.462. The first-order valence-corrected chi connectivity index (χ1v) is 14.1. The maximum Gasteiger partial charge on any atom is 0.226 e. The van der Waals surface area contributed by atoms with E-state index in [0.29, 0.717) is 18.4 Å². The number of thiophene rings is 1. The quantitative estimate of drug-likeness (QED) is 0.268. The zero-order valence-corrected chi connectivity index (χ0v) is 22.4. The molecule has 11 heteroatoms. The maximum absolute atomic E-state index is 13.3. The normalized spacial score (nSPS) is 18.3. The Labute approximate surface area is 224 Å². The number of anilines is 2. The number of nitrogens with zero attached hydrogens (tertiary/aromatic N) is 5. The second-order valence-corrected chi connectivity index (χ2v) is 11.3. The molecule has 0 saturated carbocycles. The molecule has 0 bridgehead atoms. The van der Waals surface area contributed by atoms with Crippen LogP contribution >= 0.6 is 22.9 Å². The van der Waals surface area contributed by atoms with Crippen molar-refractivity contribution in [3.8, 4) is 5.75 Å². The Morgan fingerprint density at radius 2 is 2.14 bits per heavy atom. The van der Waals surface area contributed by atoms with Gasteiger partial charge in [-0.2, -0.15) is 5.10 Å². The molecule has 1 atom stereocenters. The van der Waals surface area contributed by atoms with Crippen molar-refractivity contribution < 1.29 is 9.53 Å². The van der Waals surface area contributed by atoms with Crippen LogP contribution in [0.3, 0.4) is 0 Å². The highest BCUT2D eigenvalue weighted by Crippen LogP contribution is 2.42. The first kappa shape index (κ1) is 24.4. The van der Waals surface area contributed by atoms with Gasteiger partial charge in [0.1, 0.15) is 22.7 Å². The first-order chi connectivity index (χ1) is 18.1.